The molecule has 2 rings (SSSR count). The topological polar surface area (TPSA) is 27.7 Å². The number of rotatable bonds is 6. The van der Waals surface area contributed by atoms with Crippen LogP contribution in [0.2, 0.25) is 0 Å². The van der Waals surface area contributed by atoms with Gasteiger partial charge in [0.25, 0.3) is 0 Å². The van der Waals surface area contributed by atoms with Crippen molar-refractivity contribution in [1.29, 1.82) is 0 Å². The number of halogens is 1. The standard InChI is InChI=1S/C30H46ClO3P/c1-27(2,3)21-15-19(25(32-13)23(17-21)29(7,8)9)14-20-16-22(28(4,5)6)18-24(30(10,11)12)26(20)33-35-34-31/h15-18,35H,14H2,1-13H3. The van der Waals surface area contributed by atoms with Crippen molar-refractivity contribution in [3.05, 3.63) is 57.6 Å². The molecule has 2 aromatic rings. The zero-order valence-electron chi connectivity index (χ0n) is 24.1. The van der Waals surface area contributed by atoms with Crippen molar-refractivity contribution in [3.63, 3.8) is 0 Å². The minimum atomic E-state index is -0.283. The average molecular weight is 521 g/mol. The molecular weight excluding hydrogens is 475 g/mol. The van der Waals surface area contributed by atoms with Crippen LogP contribution in [0.1, 0.15) is 116 Å². The van der Waals surface area contributed by atoms with Crippen LogP contribution in [-0.4, -0.2) is 7.11 Å². The van der Waals surface area contributed by atoms with E-state index < -0.39 is 0 Å². The van der Waals surface area contributed by atoms with Gasteiger partial charge < -0.3 is 9.26 Å². The molecule has 0 bridgehead atoms. The molecule has 0 aromatic heterocycles. The van der Waals surface area contributed by atoms with E-state index >= 15 is 0 Å². The smallest absolute Gasteiger partial charge is 0.234 e. The summed E-state index contributed by atoms with van der Waals surface area (Å²) < 4.78 is 17.1. The minimum Gasteiger partial charge on any atom is -0.496 e. The van der Waals surface area contributed by atoms with Crippen molar-refractivity contribution in [2.75, 3.05) is 7.11 Å². The molecule has 35 heavy (non-hydrogen) atoms. The lowest BCUT2D eigenvalue weighted by Crippen LogP contribution is -2.20. The first-order valence-electron chi connectivity index (χ1n) is 12.4. The second-order valence-electron chi connectivity index (χ2n) is 13.7. The number of hydrogen-bond acceptors (Lipinski definition) is 3. The Kier molecular flexibility index (Phi) is 9.07. The maximum atomic E-state index is 6.19. The highest BCUT2D eigenvalue weighted by atomic mass is 35.5. The van der Waals surface area contributed by atoms with Gasteiger partial charge in [-0.1, -0.05) is 107 Å². The van der Waals surface area contributed by atoms with Crippen molar-refractivity contribution in [2.45, 2.75) is 111 Å². The van der Waals surface area contributed by atoms with E-state index in [9.17, 15) is 0 Å². The maximum absolute atomic E-state index is 6.19. The van der Waals surface area contributed by atoms with Crippen molar-refractivity contribution in [1.82, 2.24) is 0 Å². The first-order chi connectivity index (χ1) is 15.8. The summed E-state index contributed by atoms with van der Waals surface area (Å²) >= 11 is 5.59. The normalized spacial score (nSPS) is 13.5. The Balaban J connectivity index is 2.91. The van der Waals surface area contributed by atoms with Gasteiger partial charge in [0.2, 0.25) is 9.03 Å². The Hall–Kier alpha value is -1.28. The SMILES string of the molecule is COc1c(Cc2cc(C(C)(C)C)cc(C(C)(C)C)c2OPOCl)cc(C(C)(C)C)cc1C(C)(C)C. The summed E-state index contributed by atoms with van der Waals surface area (Å²) in [5.74, 6) is 1.80. The van der Waals surface area contributed by atoms with E-state index in [4.69, 9.17) is 25.2 Å². The van der Waals surface area contributed by atoms with E-state index in [2.05, 4.69) is 107 Å². The average Bonchev–Trinajstić information content (AvgIpc) is 2.68. The predicted octanol–water partition coefficient (Wildman–Crippen LogP) is 9.53. The van der Waals surface area contributed by atoms with Crippen LogP contribution in [0.5, 0.6) is 11.5 Å². The molecule has 0 fully saturated rings. The molecule has 0 N–H and O–H groups in total. The fourth-order valence-electron chi connectivity index (χ4n) is 4.24. The van der Waals surface area contributed by atoms with Crippen molar-refractivity contribution in [3.8, 4) is 11.5 Å². The predicted molar refractivity (Wildman–Crippen MR) is 153 cm³/mol. The largest absolute Gasteiger partial charge is 0.496 e. The van der Waals surface area contributed by atoms with Crippen LogP contribution in [-0.2, 0) is 32.2 Å². The van der Waals surface area contributed by atoms with Gasteiger partial charge in [-0.3, -0.25) is 0 Å². The number of hydrogen-bond donors (Lipinski definition) is 0. The van der Waals surface area contributed by atoms with Crippen LogP contribution in [0.3, 0.4) is 0 Å². The summed E-state index contributed by atoms with van der Waals surface area (Å²) in [5, 5.41) is 0. The van der Waals surface area contributed by atoms with Crippen molar-refractivity contribution < 1.29 is 13.3 Å². The molecule has 3 nitrogen and oxygen atoms in total. The molecule has 0 heterocycles. The Morgan fingerprint density at radius 2 is 1.03 bits per heavy atom. The highest BCUT2D eigenvalue weighted by Crippen LogP contribution is 2.44. The van der Waals surface area contributed by atoms with E-state index in [1.54, 1.807) is 7.11 Å². The summed E-state index contributed by atoms with van der Waals surface area (Å²) in [6, 6.07) is 9.18. The number of ether oxygens (including phenoxy) is 1. The van der Waals surface area contributed by atoms with Crippen LogP contribution in [0.25, 0.3) is 0 Å². The van der Waals surface area contributed by atoms with Gasteiger partial charge in [-0.25, -0.2) is 4.08 Å². The van der Waals surface area contributed by atoms with Gasteiger partial charge in [0.1, 0.15) is 11.5 Å². The van der Waals surface area contributed by atoms with Crippen LogP contribution < -0.4 is 9.26 Å². The molecule has 5 heteroatoms. The van der Waals surface area contributed by atoms with E-state index in [1.165, 1.54) is 16.7 Å². The third-order valence-corrected chi connectivity index (χ3v) is 6.98. The second kappa shape index (κ2) is 10.6. The van der Waals surface area contributed by atoms with Gasteiger partial charge in [-0.05, 0) is 43.9 Å². The third kappa shape index (κ3) is 7.37. The molecule has 0 spiro atoms. The summed E-state index contributed by atoms with van der Waals surface area (Å²) in [4.78, 5) is 0. The van der Waals surface area contributed by atoms with Gasteiger partial charge in [0.15, 0.2) is 0 Å². The van der Waals surface area contributed by atoms with E-state index in [-0.39, 0.29) is 30.7 Å². The molecule has 0 amide bonds. The van der Waals surface area contributed by atoms with E-state index in [1.807, 2.05) is 0 Å². The quantitative estimate of drug-likeness (QED) is 0.355. The molecule has 0 aliphatic rings. The lowest BCUT2D eigenvalue weighted by molar-refractivity contribution is 0.392. The number of benzene rings is 2. The lowest BCUT2D eigenvalue weighted by atomic mass is 9.76. The molecule has 1 unspecified atom stereocenters. The summed E-state index contributed by atoms with van der Waals surface area (Å²) in [6.45, 7) is 26.9. The zero-order valence-corrected chi connectivity index (χ0v) is 25.9. The molecule has 0 saturated heterocycles. The van der Waals surface area contributed by atoms with Crippen molar-refractivity contribution >= 4 is 20.9 Å². The first-order valence-corrected chi connectivity index (χ1v) is 13.5. The summed E-state index contributed by atoms with van der Waals surface area (Å²) in [6.07, 6.45) is 0.686. The Labute approximate surface area is 221 Å². The van der Waals surface area contributed by atoms with Crippen molar-refractivity contribution in [2.24, 2.45) is 0 Å². The van der Waals surface area contributed by atoms with Gasteiger partial charge in [0.05, 0.1) is 19.0 Å². The Morgan fingerprint density at radius 1 is 0.629 bits per heavy atom. The monoisotopic (exact) mass is 520 g/mol. The van der Waals surface area contributed by atoms with E-state index in [0.29, 0.717) is 6.42 Å². The second-order valence-corrected chi connectivity index (χ2v) is 14.7. The molecule has 0 aliphatic heterocycles. The lowest BCUT2D eigenvalue weighted by Gasteiger charge is -2.31. The van der Waals surface area contributed by atoms with Crippen LogP contribution in [0.4, 0.5) is 0 Å². The molecule has 196 valence electrons. The maximum Gasteiger partial charge on any atom is 0.234 e. The van der Waals surface area contributed by atoms with Gasteiger partial charge in [-0.2, -0.15) is 0 Å². The summed E-state index contributed by atoms with van der Waals surface area (Å²) in [5.41, 5.74) is 7.07. The Morgan fingerprint density at radius 3 is 1.37 bits per heavy atom. The zero-order chi connectivity index (χ0) is 27.0. The third-order valence-electron chi connectivity index (χ3n) is 6.44. The van der Waals surface area contributed by atoms with Gasteiger partial charge in [0, 0.05) is 17.5 Å². The first kappa shape index (κ1) is 29.9. The fourth-order valence-corrected chi connectivity index (χ4v) is 4.70. The van der Waals surface area contributed by atoms with Crippen LogP contribution in [0, 0.1) is 0 Å². The molecule has 0 saturated carbocycles. The molecule has 1 atom stereocenters. The van der Waals surface area contributed by atoms with Crippen LogP contribution in [0.15, 0.2) is 24.3 Å². The Bertz CT molecular complexity index is 1030. The molecule has 0 aliphatic carbocycles. The highest BCUT2D eigenvalue weighted by Gasteiger charge is 2.29. The molecular formula is C30H46ClO3P. The fraction of sp³-hybridized carbons (Fsp3) is 0.600. The van der Waals surface area contributed by atoms with Crippen LogP contribution >= 0.6 is 20.9 Å². The summed E-state index contributed by atoms with van der Waals surface area (Å²) in [7, 11) is 1.49. The highest BCUT2D eigenvalue weighted by molar-refractivity contribution is 7.28. The molecule has 0 radical (unpaired) electrons. The minimum absolute atomic E-state index is 0.00748. The van der Waals surface area contributed by atoms with Gasteiger partial charge in [-0.15, -0.1) is 0 Å². The van der Waals surface area contributed by atoms with Gasteiger partial charge >= 0.3 is 0 Å². The van der Waals surface area contributed by atoms with E-state index in [0.717, 1.165) is 28.2 Å². The number of methoxy groups -OCH3 is 1. The molecule has 2 aromatic carbocycles.